The molecule has 66 valence electrons. The van der Waals surface area contributed by atoms with E-state index >= 15 is 0 Å². The van der Waals surface area contributed by atoms with Crippen molar-refractivity contribution in [2.45, 2.75) is 37.0 Å². The van der Waals surface area contributed by atoms with Crippen molar-refractivity contribution in [3.8, 4) is 0 Å². The van der Waals surface area contributed by atoms with E-state index in [4.69, 9.17) is 10.3 Å². The summed E-state index contributed by atoms with van der Waals surface area (Å²) in [7, 11) is -3.84. The van der Waals surface area contributed by atoms with Gasteiger partial charge in [-0.1, -0.05) is 6.42 Å². The summed E-state index contributed by atoms with van der Waals surface area (Å²) in [6.45, 7) is 0. The Hall–Kier alpha value is -0.130. The smallest absolute Gasteiger partial charge is 0.267 e. The highest BCUT2D eigenvalue weighted by atomic mass is 32.2. The van der Waals surface area contributed by atoms with Gasteiger partial charge in [0.05, 0.1) is 5.25 Å². The minimum absolute atomic E-state index is 0.0596. The zero-order valence-electron chi connectivity index (χ0n) is 6.23. The molecule has 0 aromatic rings. The molecule has 0 spiro atoms. The SMILES string of the molecule is N[C@@H]1CCC[C@H](S(=O)(=O)O)C1. The van der Waals surface area contributed by atoms with Crippen LogP contribution < -0.4 is 5.73 Å². The topological polar surface area (TPSA) is 80.4 Å². The summed E-state index contributed by atoms with van der Waals surface area (Å²) >= 11 is 0. The van der Waals surface area contributed by atoms with Gasteiger partial charge in [-0.15, -0.1) is 0 Å². The molecule has 3 N–H and O–H groups in total. The lowest BCUT2D eigenvalue weighted by Crippen LogP contribution is -2.34. The van der Waals surface area contributed by atoms with Crippen LogP contribution in [0, 0.1) is 0 Å². The van der Waals surface area contributed by atoms with Gasteiger partial charge in [0.15, 0.2) is 0 Å². The van der Waals surface area contributed by atoms with Gasteiger partial charge in [-0.05, 0) is 19.3 Å². The van der Waals surface area contributed by atoms with Gasteiger partial charge in [0.25, 0.3) is 10.1 Å². The summed E-state index contributed by atoms with van der Waals surface area (Å²) in [4.78, 5) is 0. The summed E-state index contributed by atoms with van der Waals surface area (Å²) in [5.74, 6) is 0. The van der Waals surface area contributed by atoms with Crippen molar-refractivity contribution < 1.29 is 13.0 Å². The van der Waals surface area contributed by atoms with E-state index in [-0.39, 0.29) is 6.04 Å². The van der Waals surface area contributed by atoms with Crippen LogP contribution in [0.15, 0.2) is 0 Å². The second-order valence-corrected chi connectivity index (χ2v) is 4.76. The van der Waals surface area contributed by atoms with Crippen molar-refractivity contribution in [3.05, 3.63) is 0 Å². The van der Waals surface area contributed by atoms with Crippen LogP contribution in [0.1, 0.15) is 25.7 Å². The summed E-state index contributed by atoms with van der Waals surface area (Å²) in [5, 5.41) is -0.619. The van der Waals surface area contributed by atoms with Gasteiger partial charge in [-0.2, -0.15) is 8.42 Å². The maximum Gasteiger partial charge on any atom is 0.267 e. The molecule has 0 radical (unpaired) electrons. The summed E-state index contributed by atoms with van der Waals surface area (Å²) in [6.07, 6.45) is 2.61. The second-order valence-electron chi connectivity index (χ2n) is 3.06. The van der Waals surface area contributed by atoms with Crippen LogP contribution >= 0.6 is 0 Å². The Morgan fingerprint density at radius 3 is 2.36 bits per heavy atom. The van der Waals surface area contributed by atoms with Gasteiger partial charge in [0.2, 0.25) is 0 Å². The molecule has 0 aromatic heterocycles. The summed E-state index contributed by atoms with van der Waals surface area (Å²) in [5.41, 5.74) is 5.55. The normalized spacial score (nSPS) is 33.6. The van der Waals surface area contributed by atoms with Crippen LogP contribution in [-0.4, -0.2) is 24.3 Å². The number of rotatable bonds is 1. The quantitative estimate of drug-likeness (QED) is 0.561. The van der Waals surface area contributed by atoms with Gasteiger partial charge in [-0.25, -0.2) is 0 Å². The van der Waals surface area contributed by atoms with Gasteiger partial charge >= 0.3 is 0 Å². The molecule has 0 amide bonds. The van der Waals surface area contributed by atoms with Crippen LogP contribution in [0.2, 0.25) is 0 Å². The molecule has 0 aromatic carbocycles. The lowest BCUT2D eigenvalue weighted by Gasteiger charge is -2.23. The third kappa shape index (κ3) is 2.43. The monoisotopic (exact) mass is 179 g/mol. The second kappa shape index (κ2) is 3.08. The lowest BCUT2D eigenvalue weighted by atomic mass is 9.96. The van der Waals surface area contributed by atoms with Crippen molar-refractivity contribution in [1.82, 2.24) is 0 Å². The summed E-state index contributed by atoms with van der Waals surface area (Å²) < 4.78 is 29.9. The molecular weight excluding hydrogens is 166 g/mol. The Morgan fingerprint density at radius 1 is 1.36 bits per heavy atom. The fraction of sp³-hybridized carbons (Fsp3) is 1.00. The first-order valence-corrected chi connectivity index (χ1v) is 5.22. The van der Waals surface area contributed by atoms with Gasteiger partial charge in [0, 0.05) is 6.04 Å². The van der Waals surface area contributed by atoms with Crippen molar-refractivity contribution in [2.24, 2.45) is 5.73 Å². The van der Waals surface area contributed by atoms with Crippen LogP contribution in [0.25, 0.3) is 0 Å². The molecule has 11 heavy (non-hydrogen) atoms. The third-order valence-corrected chi connectivity index (χ3v) is 3.36. The Bertz CT molecular complexity index is 224. The van der Waals surface area contributed by atoms with Crippen molar-refractivity contribution >= 4 is 10.1 Å². The van der Waals surface area contributed by atoms with E-state index in [2.05, 4.69) is 0 Å². The predicted molar refractivity (Wildman–Crippen MR) is 41.8 cm³/mol. The van der Waals surface area contributed by atoms with Gasteiger partial charge in [0.1, 0.15) is 0 Å². The van der Waals surface area contributed by atoms with Crippen LogP contribution in [-0.2, 0) is 10.1 Å². The van der Waals surface area contributed by atoms with Crippen LogP contribution in [0.5, 0.6) is 0 Å². The molecule has 0 saturated heterocycles. The highest BCUT2D eigenvalue weighted by Gasteiger charge is 2.28. The van der Waals surface area contributed by atoms with Crippen molar-refractivity contribution in [2.75, 3.05) is 0 Å². The molecule has 1 rings (SSSR count). The zero-order chi connectivity index (χ0) is 8.48. The fourth-order valence-electron chi connectivity index (χ4n) is 1.45. The third-order valence-electron chi connectivity index (χ3n) is 2.09. The molecule has 1 aliphatic rings. The molecule has 0 unspecified atom stereocenters. The number of nitrogens with two attached hydrogens (primary N) is 1. The molecular formula is C6H13NO3S. The minimum Gasteiger partial charge on any atom is -0.328 e. The fourth-order valence-corrected chi connectivity index (χ4v) is 2.41. The molecule has 1 aliphatic carbocycles. The first-order valence-electron chi connectivity index (χ1n) is 3.72. The highest BCUT2D eigenvalue weighted by Crippen LogP contribution is 2.22. The van der Waals surface area contributed by atoms with Crippen molar-refractivity contribution in [3.63, 3.8) is 0 Å². The Labute approximate surface area is 66.5 Å². The van der Waals surface area contributed by atoms with E-state index in [0.717, 1.165) is 12.8 Å². The van der Waals surface area contributed by atoms with E-state index in [1.165, 1.54) is 0 Å². The Kier molecular flexibility index (Phi) is 2.51. The van der Waals surface area contributed by atoms with Crippen molar-refractivity contribution in [1.29, 1.82) is 0 Å². The van der Waals surface area contributed by atoms with E-state index in [9.17, 15) is 8.42 Å². The molecule has 5 heteroatoms. The minimum atomic E-state index is -3.84. The molecule has 0 bridgehead atoms. The molecule has 1 saturated carbocycles. The number of hydrogen-bond donors (Lipinski definition) is 2. The zero-order valence-corrected chi connectivity index (χ0v) is 7.05. The summed E-state index contributed by atoms with van der Waals surface area (Å²) in [6, 6.07) is -0.0596. The van der Waals surface area contributed by atoms with Crippen LogP contribution in [0.4, 0.5) is 0 Å². The Morgan fingerprint density at radius 2 is 2.00 bits per heavy atom. The lowest BCUT2D eigenvalue weighted by molar-refractivity contribution is 0.398. The molecule has 4 nitrogen and oxygen atoms in total. The van der Waals surface area contributed by atoms with Gasteiger partial charge < -0.3 is 5.73 Å². The largest absolute Gasteiger partial charge is 0.328 e. The standard InChI is InChI=1S/C6H13NO3S/c7-5-2-1-3-6(4-5)11(8,9)10/h5-6H,1-4,7H2,(H,8,9,10)/t5-,6+/m1/s1. The maximum absolute atomic E-state index is 10.6. The van der Waals surface area contributed by atoms with Crippen LogP contribution in [0.3, 0.4) is 0 Å². The highest BCUT2D eigenvalue weighted by molar-refractivity contribution is 7.86. The first-order chi connectivity index (χ1) is 5.00. The average molecular weight is 179 g/mol. The molecule has 1 fully saturated rings. The molecule has 0 aliphatic heterocycles. The van der Waals surface area contributed by atoms with E-state index in [0.29, 0.717) is 12.8 Å². The average Bonchev–Trinajstić information content (AvgIpc) is 1.86. The van der Waals surface area contributed by atoms with Gasteiger partial charge in [-0.3, -0.25) is 4.55 Å². The van der Waals surface area contributed by atoms with E-state index < -0.39 is 15.4 Å². The van der Waals surface area contributed by atoms with E-state index in [1.807, 2.05) is 0 Å². The Balaban J connectivity index is 2.60. The first kappa shape index (κ1) is 8.96. The predicted octanol–water partition coefficient (Wildman–Crippen LogP) is 0.144. The maximum atomic E-state index is 10.6. The molecule has 0 heterocycles. The number of hydrogen-bond acceptors (Lipinski definition) is 3. The molecule has 2 atom stereocenters. The van der Waals surface area contributed by atoms with E-state index in [1.54, 1.807) is 0 Å².